The molecule has 4 rings (SSSR count). The summed E-state index contributed by atoms with van der Waals surface area (Å²) in [6, 6.07) is 8.58. The van der Waals surface area contributed by atoms with Gasteiger partial charge >= 0.3 is 0 Å². The number of aliphatic hydroxyl groups excluding tert-OH is 1. The van der Waals surface area contributed by atoms with Gasteiger partial charge in [0.25, 0.3) is 0 Å². The summed E-state index contributed by atoms with van der Waals surface area (Å²) in [6.45, 7) is 8.88. The van der Waals surface area contributed by atoms with Gasteiger partial charge < -0.3 is 14.4 Å². The number of hydrogen-bond acceptors (Lipinski definition) is 5. The first-order valence-electron chi connectivity index (χ1n) is 11.8. The molecule has 7 nitrogen and oxygen atoms in total. The van der Waals surface area contributed by atoms with Crippen LogP contribution in [0.25, 0.3) is 10.9 Å². The highest BCUT2D eigenvalue weighted by Crippen LogP contribution is 2.23. The van der Waals surface area contributed by atoms with Crippen LogP contribution in [0.2, 0.25) is 0 Å². The Labute approximate surface area is 200 Å². The molecule has 1 aliphatic heterocycles. The van der Waals surface area contributed by atoms with Crippen LogP contribution >= 0.6 is 0 Å². The Morgan fingerprint density at radius 2 is 2.00 bits per heavy atom. The first kappa shape index (κ1) is 27.4. The van der Waals surface area contributed by atoms with E-state index in [0.717, 1.165) is 53.6 Å². The Balaban J connectivity index is 0.000000266. The predicted octanol–water partition coefficient (Wildman–Crippen LogP) is 4.67. The highest BCUT2D eigenvalue weighted by atomic mass is 19.1. The van der Waals surface area contributed by atoms with Crippen LogP contribution in [-0.2, 0) is 27.3 Å². The fourth-order valence-electron chi connectivity index (χ4n) is 3.62. The maximum Gasteiger partial charge on any atom is 0.240 e. The number of hydrogen-bond donors (Lipinski definition) is 2. The summed E-state index contributed by atoms with van der Waals surface area (Å²) in [7, 11) is 0. The number of pyridine rings is 1. The number of aromatic nitrogens is 2. The predicted molar refractivity (Wildman–Crippen MR) is 131 cm³/mol. The van der Waals surface area contributed by atoms with E-state index in [9.17, 15) is 14.3 Å². The van der Waals surface area contributed by atoms with Crippen molar-refractivity contribution in [2.24, 2.45) is 0 Å². The van der Waals surface area contributed by atoms with Gasteiger partial charge in [0.15, 0.2) is 6.29 Å². The van der Waals surface area contributed by atoms with Gasteiger partial charge in [-0.05, 0) is 55.5 Å². The van der Waals surface area contributed by atoms with E-state index in [1.807, 2.05) is 33.2 Å². The van der Waals surface area contributed by atoms with Gasteiger partial charge in [0.05, 0.1) is 11.7 Å². The first-order chi connectivity index (χ1) is 16.5. The molecule has 0 aliphatic carbocycles. The topological polar surface area (TPSA) is 85.6 Å². The molecule has 2 aromatic heterocycles. The van der Waals surface area contributed by atoms with Crippen molar-refractivity contribution in [3.05, 3.63) is 65.4 Å². The van der Waals surface area contributed by atoms with Crippen molar-refractivity contribution in [1.82, 2.24) is 15.0 Å². The number of carbonyl (C=O) groups is 1. The number of nitrogens with one attached hydrogen (secondary N) is 1. The van der Waals surface area contributed by atoms with Crippen molar-refractivity contribution < 1.29 is 23.9 Å². The summed E-state index contributed by atoms with van der Waals surface area (Å²) < 4.78 is 20.2. The molecule has 3 aromatic rings. The maximum atomic E-state index is 13.0. The number of aliphatic hydroxyl groups is 1. The summed E-state index contributed by atoms with van der Waals surface area (Å²) in [5.41, 5.74) is 6.37. The quantitative estimate of drug-likeness (QED) is 0.508. The van der Waals surface area contributed by atoms with Gasteiger partial charge in [-0.25, -0.2) is 14.7 Å². The van der Waals surface area contributed by atoms with Crippen LogP contribution in [0.15, 0.2) is 42.7 Å². The average Bonchev–Trinajstić information content (AvgIpc) is 3.26. The molecule has 1 amide bonds. The second-order valence-electron chi connectivity index (χ2n) is 7.74. The van der Waals surface area contributed by atoms with Crippen molar-refractivity contribution in [3.8, 4) is 0 Å². The summed E-state index contributed by atoms with van der Waals surface area (Å²) in [4.78, 5) is 19.7. The number of benzene rings is 1. The minimum absolute atomic E-state index is 0.116. The van der Waals surface area contributed by atoms with Crippen molar-refractivity contribution in [2.45, 2.75) is 66.2 Å². The number of fused-ring (bicyclic) bond motifs is 1. The number of halogens is 1. The monoisotopic (exact) mass is 473 g/mol. The highest BCUT2D eigenvalue weighted by molar-refractivity contribution is 5.83. The molecular formula is C26H36FN3O4. The number of aryl methyl sites for hydroxylation is 1. The smallest absolute Gasteiger partial charge is 0.240 e. The lowest BCUT2D eigenvalue weighted by atomic mass is 10.1. The minimum atomic E-state index is -0.243. The van der Waals surface area contributed by atoms with Crippen LogP contribution in [0.3, 0.4) is 0 Å². The molecule has 1 atom stereocenters. The Morgan fingerprint density at radius 1 is 1.26 bits per heavy atom. The number of nitrogens with zero attached hydrogens (tertiary/aromatic N) is 2. The van der Waals surface area contributed by atoms with E-state index in [1.54, 1.807) is 12.1 Å². The molecule has 0 spiro atoms. The second-order valence-corrected chi connectivity index (χ2v) is 7.74. The van der Waals surface area contributed by atoms with Crippen molar-refractivity contribution in [3.63, 3.8) is 0 Å². The van der Waals surface area contributed by atoms with Crippen LogP contribution in [0.1, 0.15) is 56.9 Å². The molecule has 0 saturated carbocycles. The Hall–Kier alpha value is -2.81. The normalized spacial score (nSPS) is 15.1. The van der Waals surface area contributed by atoms with Gasteiger partial charge in [0, 0.05) is 50.4 Å². The molecule has 1 saturated heterocycles. The summed E-state index contributed by atoms with van der Waals surface area (Å²) >= 11 is 0. The van der Waals surface area contributed by atoms with Crippen LogP contribution in [-0.4, -0.2) is 40.1 Å². The molecule has 3 heterocycles. The Kier molecular flexibility index (Phi) is 11.7. The van der Waals surface area contributed by atoms with E-state index in [-0.39, 0.29) is 24.6 Å². The van der Waals surface area contributed by atoms with Crippen LogP contribution in [0, 0.1) is 12.7 Å². The van der Waals surface area contributed by atoms with Crippen molar-refractivity contribution >= 4 is 16.8 Å². The van der Waals surface area contributed by atoms with Gasteiger partial charge in [0.1, 0.15) is 5.82 Å². The summed E-state index contributed by atoms with van der Waals surface area (Å²) in [6.07, 6.45) is 7.28. The third-order valence-electron chi connectivity index (χ3n) is 5.25. The van der Waals surface area contributed by atoms with Crippen LogP contribution < -0.4 is 5.48 Å². The van der Waals surface area contributed by atoms with E-state index >= 15 is 0 Å². The lowest BCUT2D eigenvalue weighted by molar-refractivity contribution is -0.199. The van der Waals surface area contributed by atoms with Crippen molar-refractivity contribution in [2.75, 3.05) is 13.2 Å². The van der Waals surface area contributed by atoms with Gasteiger partial charge in [-0.1, -0.05) is 26.0 Å². The fourth-order valence-corrected chi connectivity index (χ4v) is 3.62. The van der Waals surface area contributed by atoms with Crippen LogP contribution in [0.4, 0.5) is 4.39 Å². The zero-order chi connectivity index (χ0) is 24.9. The number of rotatable bonds is 6. The highest BCUT2D eigenvalue weighted by Gasteiger charge is 2.14. The number of carbonyl (C=O) groups excluding carboxylic acids is 1. The molecule has 1 unspecified atom stereocenters. The molecular weight excluding hydrogens is 437 g/mol. The van der Waals surface area contributed by atoms with E-state index in [0.29, 0.717) is 13.0 Å². The van der Waals surface area contributed by atoms with Gasteiger partial charge in [-0.3, -0.25) is 9.78 Å². The molecule has 8 heteroatoms. The number of ether oxygens (including phenoxy) is 1. The molecule has 0 bridgehead atoms. The van der Waals surface area contributed by atoms with Gasteiger partial charge in [-0.2, -0.15) is 0 Å². The third-order valence-corrected chi connectivity index (χ3v) is 5.25. The Bertz CT molecular complexity index is 1010. The van der Waals surface area contributed by atoms with Gasteiger partial charge in [-0.15, -0.1) is 0 Å². The SMILES string of the molecule is CC.CC(=O)NOC1CCCCO1.Cc1ncc2c(ccn2Cc2ccc(F)cc2)c1CCO. The molecule has 0 radical (unpaired) electrons. The maximum absolute atomic E-state index is 13.0. The fraction of sp³-hybridized carbons (Fsp3) is 0.462. The summed E-state index contributed by atoms with van der Waals surface area (Å²) in [5.74, 6) is -0.419. The molecule has 34 heavy (non-hydrogen) atoms. The zero-order valence-electron chi connectivity index (χ0n) is 20.5. The van der Waals surface area contributed by atoms with E-state index in [2.05, 4.69) is 21.1 Å². The zero-order valence-corrected chi connectivity index (χ0v) is 20.5. The minimum Gasteiger partial charge on any atom is -0.396 e. The van der Waals surface area contributed by atoms with Crippen LogP contribution in [0.5, 0.6) is 0 Å². The van der Waals surface area contributed by atoms with Gasteiger partial charge in [0.2, 0.25) is 5.91 Å². The van der Waals surface area contributed by atoms with E-state index < -0.39 is 0 Å². The summed E-state index contributed by atoms with van der Waals surface area (Å²) in [5, 5.41) is 10.3. The molecule has 186 valence electrons. The first-order valence-corrected chi connectivity index (χ1v) is 11.8. The van der Waals surface area contributed by atoms with E-state index in [4.69, 9.17) is 9.57 Å². The third kappa shape index (κ3) is 8.20. The largest absolute Gasteiger partial charge is 0.396 e. The standard InChI is InChI=1S/C17H17FN2O.C7H13NO3.C2H6/c1-12-15(7-9-21)16-6-8-20(17(16)10-19-12)11-13-2-4-14(18)5-3-13;1-6(9)8-11-7-4-2-3-5-10-7;1-2/h2-6,8,10,21H,7,9,11H2,1H3;7H,2-5H2,1H3,(H,8,9);1-2H3. The lowest BCUT2D eigenvalue weighted by Gasteiger charge is -2.21. The van der Waals surface area contributed by atoms with Crippen molar-refractivity contribution in [1.29, 1.82) is 0 Å². The number of hydroxylamine groups is 1. The number of amides is 1. The molecule has 1 aromatic carbocycles. The second kappa shape index (κ2) is 14.5. The average molecular weight is 474 g/mol. The Morgan fingerprint density at radius 3 is 2.62 bits per heavy atom. The van der Waals surface area contributed by atoms with E-state index in [1.165, 1.54) is 19.1 Å². The molecule has 1 fully saturated rings. The lowest BCUT2D eigenvalue weighted by Crippen LogP contribution is -2.31. The molecule has 2 N–H and O–H groups in total. The molecule has 1 aliphatic rings.